The van der Waals surface area contributed by atoms with E-state index in [-0.39, 0.29) is 17.9 Å². The molecule has 34 heavy (non-hydrogen) atoms. The number of benzene rings is 2. The van der Waals surface area contributed by atoms with Crippen LogP contribution in [0.3, 0.4) is 0 Å². The minimum Gasteiger partial charge on any atom is -0.460 e. The number of carbonyl (C=O) groups is 3. The summed E-state index contributed by atoms with van der Waals surface area (Å²) in [6.45, 7) is 3.82. The molecule has 0 bridgehead atoms. The smallest absolute Gasteiger partial charge is 0.313 e. The number of rotatable bonds is 6. The summed E-state index contributed by atoms with van der Waals surface area (Å²) in [5.41, 5.74) is 2.99. The molecule has 9 heteroatoms. The van der Waals surface area contributed by atoms with Gasteiger partial charge in [0.1, 0.15) is 23.2 Å². The van der Waals surface area contributed by atoms with Gasteiger partial charge in [-0.05, 0) is 73.5 Å². The lowest BCUT2D eigenvalue weighted by molar-refractivity contribution is -0.136. The van der Waals surface area contributed by atoms with E-state index in [0.29, 0.717) is 17.1 Å². The van der Waals surface area contributed by atoms with Crippen LogP contribution in [0.1, 0.15) is 22.6 Å². The summed E-state index contributed by atoms with van der Waals surface area (Å²) < 4.78 is 6.41. The molecule has 8 nitrogen and oxygen atoms in total. The molecule has 0 atom stereocenters. The van der Waals surface area contributed by atoms with Gasteiger partial charge in [-0.25, -0.2) is 0 Å². The van der Waals surface area contributed by atoms with Gasteiger partial charge in [-0.15, -0.1) is 0 Å². The summed E-state index contributed by atoms with van der Waals surface area (Å²) in [6.07, 6.45) is 1.30. The number of nitrogens with one attached hydrogen (secondary N) is 3. The second kappa shape index (κ2) is 11.1. The van der Waals surface area contributed by atoms with Gasteiger partial charge >= 0.3 is 11.8 Å². The molecule has 3 aromatic rings. The number of nitrogens with zero attached hydrogens (tertiary/aromatic N) is 1. The molecule has 1 heterocycles. The normalized spacial score (nSPS) is 10.8. The number of hydrogen-bond donors (Lipinski definition) is 3. The molecule has 0 saturated heterocycles. The summed E-state index contributed by atoms with van der Waals surface area (Å²) >= 11 is 3.31. The fraction of sp³-hybridized carbons (Fsp3) is 0.120. The zero-order chi connectivity index (χ0) is 24.7. The lowest BCUT2D eigenvalue weighted by Crippen LogP contribution is -2.34. The van der Waals surface area contributed by atoms with E-state index in [1.165, 1.54) is 6.08 Å². The van der Waals surface area contributed by atoms with Crippen molar-refractivity contribution >= 4 is 51.1 Å². The fourth-order valence-electron chi connectivity index (χ4n) is 2.84. The third-order valence-electron chi connectivity index (χ3n) is 4.83. The fourth-order valence-corrected chi connectivity index (χ4v) is 3.11. The molecule has 3 amide bonds. The third kappa shape index (κ3) is 6.67. The van der Waals surface area contributed by atoms with E-state index in [9.17, 15) is 19.6 Å². The standard InChI is InChI=1S/C25H21BrN4O4/c1-15-3-6-20(11-16(15)2)30-25(33)24(32)28-14-22-10-9-21(34-22)12-17(13-27)23(31)29-19-7-4-18(26)5-8-19/h3-12H,14H2,1-2H3,(H,28,32)(H,29,31)(H,30,33)/b17-12-. The van der Waals surface area contributed by atoms with Crippen LogP contribution < -0.4 is 16.0 Å². The van der Waals surface area contributed by atoms with Crippen molar-refractivity contribution in [1.29, 1.82) is 5.26 Å². The largest absolute Gasteiger partial charge is 0.460 e. The van der Waals surface area contributed by atoms with Crippen molar-refractivity contribution in [1.82, 2.24) is 5.32 Å². The quantitative estimate of drug-likeness (QED) is 0.251. The highest BCUT2D eigenvalue weighted by Crippen LogP contribution is 2.17. The topological polar surface area (TPSA) is 124 Å². The molecule has 172 valence electrons. The first kappa shape index (κ1) is 24.5. The first-order valence-corrected chi connectivity index (χ1v) is 11.0. The Balaban J connectivity index is 1.56. The highest BCUT2D eigenvalue weighted by atomic mass is 79.9. The van der Waals surface area contributed by atoms with Crippen molar-refractivity contribution in [2.75, 3.05) is 10.6 Å². The number of amides is 3. The maximum Gasteiger partial charge on any atom is 0.313 e. The summed E-state index contributed by atoms with van der Waals surface area (Å²) in [5, 5.41) is 17.0. The zero-order valence-electron chi connectivity index (χ0n) is 18.4. The molecular weight excluding hydrogens is 500 g/mol. The second-order valence-corrected chi connectivity index (χ2v) is 8.29. The lowest BCUT2D eigenvalue weighted by atomic mass is 10.1. The van der Waals surface area contributed by atoms with Crippen molar-refractivity contribution < 1.29 is 18.8 Å². The number of carbonyl (C=O) groups excluding carboxylic acids is 3. The van der Waals surface area contributed by atoms with Gasteiger partial charge < -0.3 is 20.4 Å². The summed E-state index contributed by atoms with van der Waals surface area (Å²) in [6, 6.07) is 17.3. The van der Waals surface area contributed by atoms with Gasteiger partial charge in [0.15, 0.2) is 0 Å². The van der Waals surface area contributed by atoms with Crippen molar-refractivity contribution in [2.45, 2.75) is 20.4 Å². The Morgan fingerprint density at radius 1 is 0.912 bits per heavy atom. The highest BCUT2D eigenvalue weighted by molar-refractivity contribution is 9.10. The van der Waals surface area contributed by atoms with E-state index in [1.807, 2.05) is 26.0 Å². The maximum absolute atomic E-state index is 12.4. The number of hydrogen-bond acceptors (Lipinski definition) is 5. The Labute approximate surface area is 204 Å². The van der Waals surface area contributed by atoms with Crippen LogP contribution in [-0.4, -0.2) is 17.7 Å². The summed E-state index contributed by atoms with van der Waals surface area (Å²) in [7, 11) is 0. The van der Waals surface area contributed by atoms with Crippen LogP contribution in [0.25, 0.3) is 6.08 Å². The molecule has 0 aliphatic heterocycles. The molecule has 3 N–H and O–H groups in total. The Hall–Kier alpha value is -4.16. The second-order valence-electron chi connectivity index (χ2n) is 7.37. The van der Waals surface area contributed by atoms with Gasteiger partial charge in [-0.1, -0.05) is 22.0 Å². The molecule has 1 aromatic heterocycles. The minimum atomic E-state index is -0.821. The van der Waals surface area contributed by atoms with Crippen LogP contribution in [-0.2, 0) is 20.9 Å². The predicted octanol–water partition coefficient (Wildman–Crippen LogP) is 4.46. The number of nitriles is 1. The SMILES string of the molecule is Cc1ccc(NC(=O)C(=O)NCc2ccc(/C=C(/C#N)C(=O)Nc3ccc(Br)cc3)o2)cc1C. The number of anilines is 2. The monoisotopic (exact) mass is 520 g/mol. The molecule has 0 aliphatic rings. The molecule has 0 aliphatic carbocycles. The average Bonchev–Trinajstić information content (AvgIpc) is 3.27. The van der Waals surface area contributed by atoms with Gasteiger partial charge in [0.2, 0.25) is 0 Å². The highest BCUT2D eigenvalue weighted by Gasteiger charge is 2.15. The van der Waals surface area contributed by atoms with Crippen LogP contribution in [0.15, 0.2) is 69.1 Å². The molecule has 3 rings (SSSR count). The lowest BCUT2D eigenvalue weighted by Gasteiger charge is -2.07. The van der Waals surface area contributed by atoms with Crippen molar-refractivity contribution in [2.24, 2.45) is 0 Å². The van der Waals surface area contributed by atoms with Crippen LogP contribution in [0, 0.1) is 25.2 Å². The Morgan fingerprint density at radius 3 is 2.26 bits per heavy atom. The molecule has 0 spiro atoms. The maximum atomic E-state index is 12.4. The van der Waals surface area contributed by atoms with E-state index in [2.05, 4.69) is 31.9 Å². The van der Waals surface area contributed by atoms with Crippen molar-refractivity contribution in [3.05, 3.63) is 87.3 Å². The molecule has 0 unspecified atom stereocenters. The summed E-state index contributed by atoms with van der Waals surface area (Å²) in [4.78, 5) is 36.6. The van der Waals surface area contributed by atoms with Crippen molar-refractivity contribution in [3.63, 3.8) is 0 Å². The molecule has 2 aromatic carbocycles. The van der Waals surface area contributed by atoms with Gasteiger partial charge in [-0.3, -0.25) is 14.4 Å². The third-order valence-corrected chi connectivity index (χ3v) is 5.36. The van der Waals surface area contributed by atoms with Crippen molar-refractivity contribution in [3.8, 4) is 6.07 Å². The molecule has 0 fully saturated rings. The van der Waals surface area contributed by atoms with Crippen LogP contribution in [0.5, 0.6) is 0 Å². The van der Waals surface area contributed by atoms with Gasteiger partial charge in [0.25, 0.3) is 5.91 Å². The molecule has 0 saturated carbocycles. The Morgan fingerprint density at radius 2 is 1.59 bits per heavy atom. The van der Waals surface area contributed by atoms with Crippen LogP contribution in [0.4, 0.5) is 11.4 Å². The van der Waals surface area contributed by atoms with E-state index in [4.69, 9.17) is 4.42 Å². The zero-order valence-corrected chi connectivity index (χ0v) is 20.0. The van der Waals surface area contributed by atoms with Gasteiger partial charge in [0, 0.05) is 21.9 Å². The molecule has 0 radical (unpaired) electrons. The summed E-state index contributed by atoms with van der Waals surface area (Å²) in [5.74, 6) is -1.60. The average molecular weight is 521 g/mol. The van der Waals surface area contributed by atoms with E-state index < -0.39 is 17.7 Å². The Kier molecular flexibility index (Phi) is 8.01. The van der Waals surface area contributed by atoms with E-state index in [0.717, 1.165) is 15.6 Å². The predicted molar refractivity (Wildman–Crippen MR) is 131 cm³/mol. The first-order chi connectivity index (χ1) is 16.2. The van der Waals surface area contributed by atoms with Gasteiger partial charge in [0.05, 0.1) is 6.54 Å². The Bertz CT molecular complexity index is 1300. The van der Waals surface area contributed by atoms with Crippen LogP contribution in [0.2, 0.25) is 0 Å². The minimum absolute atomic E-state index is 0.0417. The number of furan rings is 1. The first-order valence-electron chi connectivity index (χ1n) is 10.2. The van der Waals surface area contributed by atoms with E-state index >= 15 is 0 Å². The van der Waals surface area contributed by atoms with Gasteiger partial charge in [-0.2, -0.15) is 5.26 Å². The van der Waals surface area contributed by atoms with E-state index in [1.54, 1.807) is 48.5 Å². The number of aryl methyl sites for hydroxylation is 2. The van der Waals surface area contributed by atoms with Crippen LogP contribution >= 0.6 is 15.9 Å². The molecular formula is C25H21BrN4O4. The number of halogens is 1.